The van der Waals surface area contributed by atoms with E-state index < -0.39 is 6.36 Å². The van der Waals surface area contributed by atoms with Gasteiger partial charge < -0.3 is 4.74 Å². The number of rotatable bonds is 2. The average Bonchev–Trinajstić information content (AvgIpc) is 2.57. The molecule has 0 radical (unpaired) electrons. The predicted molar refractivity (Wildman–Crippen MR) is 60.0 cm³/mol. The maximum absolute atomic E-state index is 12.0. The summed E-state index contributed by atoms with van der Waals surface area (Å²) in [5, 5.41) is 4.49. The van der Waals surface area contributed by atoms with Crippen LogP contribution in [0.15, 0.2) is 30.3 Å². The summed E-state index contributed by atoms with van der Waals surface area (Å²) in [5.74, 6) is -0.286. The highest BCUT2D eigenvalue weighted by Gasteiger charge is 2.30. The Hall–Kier alpha value is -1.69. The van der Waals surface area contributed by atoms with Crippen molar-refractivity contribution in [1.29, 1.82) is 0 Å². The highest BCUT2D eigenvalue weighted by molar-refractivity contribution is 6.29. The van der Waals surface area contributed by atoms with Crippen molar-refractivity contribution in [2.24, 2.45) is 0 Å². The molecule has 3 nitrogen and oxygen atoms in total. The number of aromatic nitrogens is 2. The third kappa shape index (κ3) is 2.95. The smallest absolute Gasteiger partial charge is 0.406 e. The topological polar surface area (TPSA) is 27.1 Å². The Bertz CT molecular complexity index is 548. The van der Waals surface area contributed by atoms with Gasteiger partial charge in [-0.15, -0.1) is 13.2 Å². The van der Waals surface area contributed by atoms with Crippen molar-refractivity contribution >= 4 is 11.6 Å². The van der Waals surface area contributed by atoms with E-state index in [4.69, 9.17) is 11.6 Å². The number of aryl methyl sites for hydroxylation is 1. The summed E-state index contributed by atoms with van der Waals surface area (Å²) < 4.78 is 41.1. The molecule has 0 saturated heterocycles. The molecule has 0 bridgehead atoms. The zero-order valence-electron chi connectivity index (χ0n) is 9.20. The minimum Gasteiger partial charge on any atom is -0.406 e. The van der Waals surface area contributed by atoms with Gasteiger partial charge in [-0.3, -0.25) is 0 Å². The Labute approximate surface area is 106 Å². The molecule has 0 spiro atoms. The van der Waals surface area contributed by atoms with Crippen LogP contribution in [-0.4, -0.2) is 16.1 Å². The van der Waals surface area contributed by atoms with Gasteiger partial charge in [0.15, 0.2) is 0 Å². The van der Waals surface area contributed by atoms with Crippen LogP contribution in [0.2, 0.25) is 5.15 Å². The van der Waals surface area contributed by atoms with Crippen molar-refractivity contribution in [3.63, 3.8) is 0 Å². The van der Waals surface area contributed by atoms with E-state index in [0.29, 0.717) is 10.8 Å². The maximum Gasteiger partial charge on any atom is 0.573 e. The largest absolute Gasteiger partial charge is 0.573 e. The predicted octanol–water partition coefficient (Wildman–Crippen LogP) is 3.73. The van der Waals surface area contributed by atoms with Crippen LogP contribution in [0.4, 0.5) is 13.2 Å². The van der Waals surface area contributed by atoms with Crippen molar-refractivity contribution in [3.05, 3.63) is 41.2 Å². The molecule has 18 heavy (non-hydrogen) atoms. The summed E-state index contributed by atoms with van der Waals surface area (Å²) in [7, 11) is 0. The molecule has 1 heterocycles. The van der Waals surface area contributed by atoms with E-state index in [-0.39, 0.29) is 5.75 Å². The monoisotopic (exact) mass is 276 g/mol. The third-order valence-electron chi connectivity index (χ3n) is 2.10. The molecule has 0 unspecified atom stereocenters. The number of hydrogen-bond donors (Lipinski definition) is 0. The fourth-order valence-electron chi connectivity index (χ4n) is 1.44. The molecular formula is C11H8ClF3N2O. The van der Waals surface area contributed by atoms with Crippen LogP contribution in [0, 0.1) is 6.92 Å². The van der Waals surface area contributed by atoms with E-state index in [9.17, 15) is 13.2 Å². The molecular weight excluding hydrogens is 269 g/mol. The first-order chi connectivity index (χ1) is 8.35. The molecule has 0 aliphatic heterocycles. The third-order valence-corrected chi connectivity index (χ3v) is 2.37. The number of ether oxygens (including phenoxy) is 1. The summed E-state index contributed by atoms with van der Waals surface area (Å²) in [6.45, 7) is 1.77. The first-order valence-electron chi connectivity index (χ1n) is 4.93. The van der Waals surface area contributed by atoms with Crippen LogP contribution >= 0.6 is 11.6 Å². The zero-order chi connectivity index (χ0) is 13.3. The van der Waals surface area contributed by atoms with Crippen molar-refractivity contribution in [2.45, 2.75) is 13.3 Å². The highest BCUT2D eigenvalue weighted by atomic mass is 35.5. The van der Waals surface area contributed by atoms with Crippen molar-refractivity contribution in [3.8, 4) is 11.4 Å². The molecule has 7 heteroatoms. The molecule has 0 atom stereocenters. The van der Waals surface area contributed by atoms with Crippen LogP contribution < -0.4 is 4.74 Å². The Kier molecular flexibility index (Phi) is 3.21. The quantitative estimate of drug-likeness (QED) is 0.836. The molecule has 2 aromatic rings. The van der Waals surface area contributed by atoms with Gasteiger partial charge in [-0.05, 0) is 37.3 Å². The lowest BCUT2D eigenvalue weighted by Crippen LogP contribution is -2.17. The van der Waals surface area contributed by atoms with E-state index in [0.717, 1.165) is 5.69 Å². The van der Waals surface area contributed by atoms with E-state index >= 15 is 0 Å². The van der Waals surface area contributed by atoms with Gasteiger partial charge in [0.1, 0.15) is 10.9 Å². The standard InChI is InChI=1S/C11H8ClF3N2O/c1-7-6-10(12)17(16-7)8-2-4-9(5-3-8)18-11(13,14)15/h2-6H,1H3. The van der Waals surface area contributed by atoms with Crippen LogP contribution in [-0.2, 0) is 0 Å². The Morgan fingerprint density at radius 2 is 1.83 bits per heavy atom. The summed E-state index contributed by atoms with van der Waals surface area (Å²) in [6.07, 6.45) is -4.69. The van der Waals surface area contributed by atoms with Gasteiger partial charge in [0, 0.05) is 0 Å². The maximum atomic E-state index is 12.0. The lowest BCUT2D eigenvalue weighted by Gasteiger charge is -2.09. The first-order valence-corrected chi connectivity index (χ1v) is 5.31. The van der Waals surface area contributed by atoms with E-state index in [1.807, 2.05) is 0 Å². The Morgan fingerprint density at radius 1 is 1.22 bits per heavy atom. The molecule has 0 N–H and O–H groups in total. The van der Waals surface area contributed by atoms with E-state index in [2.05, 4.69) is 9.84 Å². The molecule has 0 amide bonds. The zero-order valence-corrected chi connectivity index (χ0v) is 9.96. The van der Waals surface area contributed by atoms with Gasteiger partial charge in [-0.1, -0.05) is 11.6 Å². The van der Waals surface area contributed by atoms with Crippen molar-refractivity contribution in [2.75, 3.05) is 0 Å². The van der Waals surface area contributed by atoms with Gasteiger partial charge in [0.2, 0.25) is 0 Å². The summed E-state index contributed by atoms with van der Waals surface area (Å²) in [4.78, 5) is 0. The number of alkyl halides is 3. The second-order valence-electron chi connectivity index (χ2n) is 3.56. The lowest BCUT2D eigenvalue weighted by atomic mass is 10.3. The summed E-state index contributed by atoms with van der Waals surface area (Å²) in [6, 6.07) is 6.95. The molecule has 96 valence electrons. The molecule has 0 fully saturated rings. The fourth-order valence-corrected chi connectivity index (χ4v) is 1.73. The SMILES string of the molecule is Cc1cc(Cl)n(-c2ccc(OC(F)(F)F)cc2)n1. The van der Waals surface area contributed by atoms with Crippen LogP contribution in [0.1, 0.15) is 5.69 Å². The first kappa shape index (κ1) is 12.8. The van der Waals surface area contributed by atoms with Gasteiger partial charge in [-0.25, -0.2) is 4.68 Å². The lowest BCUT2D eigenvalue weighted by molar-refractivity contribution is -0.274. The second kappa shape index (κ2) is 4.53. The normalized spacial score (nSPS) is 11.6. The van der Waals surface area contributed by atoms with Crippen LogP contribution in [0.5, 0.6) is 5.75 Å². The number of benzene rings is 1. The number of hydrogen-bond acceptors (Lipinski definition) is 2. The minimum absolute atomic E-state index is 0.286. The molecule has 1 aromatic carbocycles. The van der Waals surface area contributed by atoms with Gasteiger partial charge in [0.05, 0.1) is 11.4 Å². The molecule has 0 aliphatic carbocycles. The molecule has 2 rings (SSSR count). The summed E-state index contributed by atoms with van der Waals surface area (Å²) in [5.41, 5.74) is 1.28. The highest BCUT2D eigenvalue weighted by Crippen LogP contribution is 2.24. The Morgan fingerprint density at radius 3 is 2.28 bits per heavy atom. The fraction of sp³-hybridized carbons (Fsp3) is 0.182. The van der Waals surface area contributed by atoms with Crippen molar-refractivity contribution < 1.29 is 17.9 Å². The van der Waals surface area contributed by atoms with Crippen LogP contribution in [0.25, 0.3) is 5.69 Å². The van der Waals surface area contributed by atoms with Crippen molar-refractivity contribution in [1.82, 2.24) is 9.78 Å². The van der Waals surface area contributed by atoms with Gasteiger partial charge in [0.25, 0.3) is 0 Å². The number of nitrogens with zero attached hydrogens (tertiary/aromatic N) is 2. The minimum atomic E-state index is -4.69. The average molecular weight is 277 g/mol. The molecule has 0 aliphatic rings. The van der Waals surface area contributed by atoms with E-state index in [1.54, 1.807) is 13.0 Å². The molecule has 0 saturated carbocycles. The van der Waals surface area contributed by atoms with Crippen LogP contribution in [0.3, 0.4) is 0 Å². The summed E-state index contributed by atoms with van der Waals surface area (Å²) >= 11 is 5.92. The number of halogens is 4. The van der Waals surface area contributed by atoms with E-state index in [1.165, 1.54) is 28.9 Å². The Balaban J connectivity index is 2.25. The van der Waals surface area contributed by atoms with Gasteiger partial charge >= 0.3 is 6.36 Å². The van der Waals surface area contributed by atoms with Gasteiger partial charge in [-0.2, -0.15) is 5.10 Å². The molecule has 1 aromatic heterocycles. The second-order valence-corrected chi connectivity index (χ2v) is 3.95.